The highest BCUT2D eigenvalue weighted by atomic mass is 35.5. The molecule has 2 aromatic carbocycles. The van der Waals surface area contributed by atoms with Crippen molar-refractivity contribution in [1.29, 1.82) is 0 Å². The third-order valence-electron chi connectivity index (χ3n) is 5.52. The lowest BCUT2D eigenvalue weighted by atomic mass is 10.0. The van der Waals surface area contributed by atoms with Gasteiger partial charge in [-0.3, -0.25) is 9.36 Å². The Morgan fingerprint density at radius 1 is 1.06 bits per heavy atom. The molecule has 3 heterocycles. The van der Waals surface area contributed by atoms with Crippen LogP contribution in [0.5, 0.6) is 0 Å². The zero-order chi connectivity index (χ0) is 21.7. The van der Waals surface area contributed by atoms with E-state index in [2.05, 4.69) is 10.3 Å². The van der Waals surface area contributed by atoms with Crippen LogP contribution in [-0.2, 0) is 7.05 Å². The van der Waals surface area contributed by atoms with Gasteiger partial charge in [-0.25, -0.2) is 9.97 Å². The number of fused-ring (bicyclic) bond motifs is 2. The molecule has 6 nitrogen and oxygen atoms in total. The Balaban J connectivity index is 1.96. The maximum atomic E-state index is 14.0. The van der Waals surface area contributed by atoms with Gasteiger partial charge >= 0.3 is 0 Å². The van der Waals surface area contributed by atoms with Gasteiger partial charge in [-0.1, -0.05) is 29.8 Å². The Labute approximate surface area is 183 Å². The molecule has 0 radical (unpaired) electrons. The van der Waals surface area contributed by atoms with Gasteiger partial charge in [0.25, 0.3) is 5.56 Å². The third-order valence-corrected chi connectivity index (χ3v) is 5.84. The number of halogens is 1. The Morgan fingerprint density at radius 2 is 1.87 bits per heavy atom. The van der Waals surface area contributed by atoms with Crippen molar-refractivity contribution in [2.24, 2.45) is 7.05 Å². The van der Waals surface area contributed by atoms with Crippen LogP contribution in [0.1, 0.15) is 5.69 Å². The summed E-state index contributed by atoms with van der Waals surface area (Å²) in [6.07, 6.45) is 1.77. The Kier molecular flexibility index (Phi) is 4.52. The molecule has 31 heavy (non-hydrogen) atoms. The molecule has 0 saturated heterocycles. The average molecular weight is 430 g/mol. The van der Waals surface area contributed by atoms with Gasteiger partial charge in [-0.15, -0.1) is 0 Å². The van der Waals surface area contributed by atoms with E-state index < -0.39 is 0 Å². The number of rotatable bonds is 3. The molecule has 0 bridgehead atoms. The molecule has 0 amide bonds. The monoisotopic (exact) mass is 429 g/mol. The van der Waals surface area contributed by atoms with Gasteiger partial charge in [0.15, 0.2) is 0 Å². The van der Waals surface area contributed by atoms with Crippen LogP contribution in [0.4, 0.5) is 5.69 Å². The summed E-state index contributed by atoms with van der Waals surface area (Å²) < 4.78 is 3.55. The fourth-order valence-electron chi connectivity index (χ4n) is 4.02. The standard InChI is InChI=1S/C24H20ClN5O/c1-14-8-10-16-22(26-2)21(15-9-11-18-20(12-15)29(3)13-27-18)24(31)30(23(16)28-14)19-7-5-4-6-17(19)25/h4-13,26H,1-3H3. The zero-order valence-corrected chi connectivity index (χ0v) is 18.1. The number of hydrogen-bond donors (Lipinski definition) is 1. The van der Waals surface area contributed by atoms with Crippen molar-refractivity contribution in [1.82, 2.24) is 19.1 Å². The van der Waals surface area contributed by atoms with Gasteiger partial charge in [0.2, 0.25) is 0 Å². The first kappa shape index (κ1) is 19.3. The van der Waals surface area contributed by atoms with E-state index in [0.29, 0.717) is 21.9 Å². The van der Waals surface area contributed by atoms with Gasteiger partial charge in [0.05, 0.1) is 39.3 Å². The van der Waals surface area contributed by atoms with E-state index in [4.69, 9.17) is 16.6 Å². The fraction of sp³-hybridized carbons (Fsp3) is 0.125. The first-order valence-electron chi connectivity index (χ1n) is 9.90. The normalized spacial score (nSPS) is 11.4. The van der Waals surface area contributed by atoms with E-state index in [-0.39, 0.29) is 5.56 Å². The number of imidazole rings is 1. The van der Waals surface area contributed by atoms with Crippen molar-refractivity contribution in [3.05, 3.63) is 82.0 Å². The molecule has 3 aromatic heterocycles. The number of pyridine rings is 2. The van der Waals surface area contributed by atoms with Gasteiger partial charge in [-0.05, 0) is 48.9 Å². The lowest BCUT2D eigenvalue weighted by Crippen LogP contribution is -2.23. The van der Waals surface area contributed by atoms with Crippen molar-refractivity contribution in [2.75, 3.05) is 12.4 Å². The van der Waals surface area contributed by atoms with Gasteiger partial charge in [0, 0.05) is 25.2 Å². The molecule has 5 aromatic rings. The summed E-state index contributed by atoms with van der Waals surface area (Å²) in [4.78, 5) is 23.1. The summed E-state index contributed by atoms with van der Waals surface area (Å²) in [6.45, 7) is 1.91. The Bertz CT molecular complexity index is 1530. The summed E-state index contributed by atoms with van der Waals surface area (Å²) in [5.41, 5.74) is 5.71. The van der Waals surface area contributed by atoms with Gasteiger partial charge < -0.3 is 9.88 Å². The largest absolute Gasteiger partial charge is 0.387 e. The summed E-state index contributed by atoms with van der Waals surface area (Å²) in [7, 11) is 3.76. The second-order valence-corrected chi connectivity index (χ2v) is 7.88. The van der Waals surface area contributed by atoms with Gasteiger partial charge in [0.1, 0.15) is 5.65 Å². The van der Waals surface area contributed by atoms with Crippen LogP contribution < -0.4 is 10.9 Å². The van der Waals surface area contributed by atoms with Crippen LogP contribution >= 0.6 is 11.6 Å². The Morgan fingerprint density at radius 3 is 2.65 bits per heavy atom. The SMILES string of the molecule is CNc1c(-c2ccc3ncn(C)c3c2)c(=O)n(-c2ccccc2Cl)c2nc(C)ccc12. The number of aryl methyl sites for hydroxylation is 2. The average Bonchev–Trinajstić information content (AvgIpc) is 3.14. The van der Waals surface area contributed by atoms with E-state index in [9.17, 15) is 4.79 Å². The Hall–Kier alpha value is -3.64. The van der Waals surface area contributed by atoms with Crippen LogP contribution in [0.3, 0.4) is 0 Å². The van der Waals surface area contributed by atoms with Crippen LogP contribution in [-0.4, -0.2) is 26.1 Å². The highest BCUT2D eigenvalue weighted by Gasteiger charge is 2.21. The topological polar surface area (TPSA) is 64.7 Å². The molecule has 5 rings (SSSR count). The second-order valence-electron chi connectivity index (χ2n) is 7.47. The fourth-order valence-corrected chi connectivity index (χ4v) is 4.24. The second kappa shape index (κ2) is 7.25. The lowest BCUT2D eigenvalue weighted by Gasteiger charge is -2.18. The molecule has 0 spiro atoms. The molecule has 154 valence electrons. The van der Waals surface area contributed by atoms with Crippen molar-refractivity contribution >= 4 is 39.4 Å². The molecule has 7 heteroatoms. The number of para-hydroxylation sites is 1. The quantitative estimate of drug-likeness (QED) is 0.441. The smallest absolute Gasteiger partial charge is 0.266 e. The van der Waals surface area contributed by atoms with Crippen molar-refractivity contribution in [3.8, 4) is 16.8 Å². The predicted octanol–water partition coefficient (Wildman–Crippen LogP) is 4.94. The molecule has 0 saturated carbocycles. The number of hydrogen-bond acceptors (Lipinski definition) is 4. The van der Waals surface area contributed by atoms with Crippen LogP contribution in [0, 0.1) is 6.92 Å². The van der Waals surface area contributed by atoms with Crippen LogP contribution in [0.15, 0.2) is 65.7 Å². The van der Waals surface area contributed by atoms with Crippen molar-refractivity contribution in [2.45, 2.75) is 6.92 Å². The molecule has 0 atom stereocenters. The summed E-state index contributed by atoms with van der Waals surface area (Å²) >= 11 is 6.51. The number of nitrogens with zero attached hydrogens (tertiary/aromatic N) is 4. The minimum atomic E-state index is -0.190. The predicted molar refractivity (Wildman–Crippen MR) is 126 cm³/mol. The van der Waals surface area contributed by atoms with E-state index in [0.717, 1.165) is 33.4 Å². The molecule has 1 N–H and O–H groups in total. The van der Waals surface area contributed by atoms with Gasteiger partial charge in [-0.2, -0.15) is 0 Å². The third kappa shape index (κ3) is 2.99. The lowest BCUT2D eigenvalue weighted by molar-refractivity contribution is 0.947. The molecular weight excluding hydrogens is 410 g/mol. The summed E-state index contributed by atoms with van der Waals surface area (Å²) in [6, 6.07) is 17.1. The summed E-state index contributed by atoms with van der Waals surface area (Å²) in [5.74, 6) is 0. The molecule has 0 unspecified atom stereocenters. The number of anilines is 1. The minimum absolute atomic E-state index is 0.190. The van der Waals surface area contributed by atoms with Crippen molar-refractivity contribution < 1.29 is 0 Å². The van der Waals surface area contributed by atoms with Crippen LogP contribution in [0.25, 0.3) is 38.9 Å². The highest BCUT2D eigenvalue weighted by Crippen LogP contribution is 2.34. The molecular formula is C24H20ClN5O. The van der Waals surface area contributed by atoms with E-state index >= 15 is 0 Å². The summed E-state index contributed by atoms with van der Waals surface area (Å²) in [5, 5.41) is 4.56. The number of aromatic nitrogens is 4. The number of benzene rings is 2. The molecule has 0 aliphatic carbocycles. The molecule has 0 aliphatic rings. The molecule has 0 fully saturated rings. The van der Waals surface area contributed by atoms with E-state index in [1.807, 2.05) is 74.1 Å². The van der Waals surface area contributed by atoms with Crippen molar-refractivity contribution in [3.63, 3.8) is 0 Å². The number of nitrogens with one attached hydrogen (secondary N) is 1. The van der Waals surface area contributed by atoms with E-state index in [1.165, 1.54) is 0 Å². The minimum Gasteiger partial charge on any atom is -0.387 e. The zero-order valence-electron chi connectivity index (χ0n) is 17.3. The van der Waals surface area contributed by atoms with Crippen LogP contribution in [0.2, 0.25) is 5.02 Å². The first-order valence-corrected chi connectivity index (χ1v) is 10.3. The highest BCUT2D eigenvalue weighted by molar-refractivity contribution is 6.32. The maximum absolute atomic E-state index is 14.0. The van der Waals surface area contributed by atoms with E-state index in [1.54, 1.807) is 17.0 Å². The first-order chi connectivity index (χ1) is 15.0. The molecule has 0 aliphatic heterocycles. The maximum Gasteiger partial charge on any atom is 0.266 e.